The lowest BCUT2D eigenvalue weighted by atomic mass is 9.76. The molecule has 2 saturated heterocycles. The van der Waals surface area contributed by atoms with Gasteiger partial charge in [0, 0.05) is 0 Å². The Morgan fingerprint density at radius 2 is 1.53 bits per heavy atom. The fraction of sp³-hybridized carbons (Fsp3) is 0.231. The van der Waals surface area contributed by atoms with Crippen molar-refractivity contribution in [2.24, 2.45) is 5.41 Å². The number of imide groups is 1. The summed E-state index contributed by atoms with van der Waals surface area (Å²) >= 11 is 0. The average Bonchev–Trinajstić information content (AvgIpc) is 3.23. The Bertz CT molecular complexity index is 1160. The van der Waals surface area contributed by atoms with Gasteiger partial charge < -0.3 is 4.74 Å². The Hall–Kier alpha value is -3.64. The van der Waals surface area contributed by atoms with E-state index in [-0.39, 0.29) is 11.8 Å². The summed E-state index contributed by atoms with van der Waals surface area (Å²) in [5, 5.41) is 1.70. The van der Waals surface area contributed by atoms with E-state index in [1.807, 2.05) is 80.6 Å². The van der Waals surface area contributed by atoms with Crippen LogP contribution in [0.3, 0.4) is 0 Å². The number of ether oxygens (including phenoxy) is 1. The van der Waals surface area contributed by atoms with Crippen LogP contribution in [0.15, 0.2) is 78.9 Å². The van der Waals surface area contributed by atoms with Crippen molar-refractivity contribution in [2.45, 2.75) is 26.0 Å². The van der Waals surface area contributed by atoms with E-state index in [1.54, 1.807) is 24.3 Å². The first-order chi connectivity index (χ1) is 15.4. The van der Waals surface area contributed by atoms with Crippen molar-refractivity contribution in [3.05, 3.63) is 90.0 Å². The van der Waals surface area contributed by atoms with Gasteiger partial charge in [0.2, 0.25) is 5.91 Å². The molecule has 0 spiro atoms. The lowest BCUT2D eigenvalue weighted by Gasteiger charge is -2.32. The van der Waals surface area contributed by atoms with Gasteiger partial charge in [-0.1, -0.05) is 48.0 Å². The van der Waals surface area contributed by atoms with Crippen molar-refractivity contribution < 1.29 is 19.2 Å². The van der Waals surface area contributed by atoms with Crippen LogP contribution in [0, 0.1) is 12.3 Å². The molecular formula is C26H24N2O4. The number of para-hydroxylation sites is 1. The summed E-state index contributed by atoms with van der Waals surface area (Å²) in [6.07, 6.45) is -0.927. The van der Waals surface area contributed by atoms with Gasteiger partial charge in [-0.15, -0.1) is 0 Å². The summed E-state index contributed by atoms with van der Waals surface area (Å²) in [5.74, 6) is 0.102. The topological polar surface area (TPSA) is 59.1 Å². The van der Waals surface area contributed by atoms with Crippen LogP contribution < -0.4 is 14.7 Å². The van der Waals surface area contributed by atoms with Gasteiger partial charge in [0.25, 0.3) is 5.91 Å². The zero-order valence-electron chi connectivity index (χ0n) is 18.2. The smallest absolute Gasteiger partial charge is 0.266 e. The SMILES string of the molecule is COc1ccc(C2N(c3ccccc3)OC3C(=O)N(c4ccc(C)cc4)C(=O)C32C)cc1. The average molecular weight is 428 g/mol. The van der Waals surface area contributed by atoms with Crippen LogP contribution in [0.5, 0.6) is 5.75 Å². The van der Waals surface area contributed by atoms with Crippen LogP contribution >= 0.6 is 0 Å². The molecule has 162 valence electrons. The summed E-state index contributed by atoms with van der Waals surface area (Å²) in [6.45, 7) is 3.79. The first-order valence-electron chi connectivity index (χ1n) is 10.5. The molecule has 3 atom stereocenters. The first kappa shape index (κ1) is 20.3. The molecule has 6 nitrogen and oxygen atoms in total. The standard InChI is InChI=1S/C26H24N2O4/c1-17-9-13-19(14-10-17)27-24(29)23-26(2,25(27)30)22(18-11-15-21(31-3)16-12-18)28(32-23)20-7-5-4-6-8-20/h4-16,22-23H,1-3H3. The third kappa shape index (κ3) is 2.91. The molecule has 2 aliphatic heterocycles. The highest BCUT2D eigenvalue weighted by molar-refractivity contribution is 6.25. The van der Waals surface area contributed by atoms with Crippen LogP contribution in [-0.4, -0.2) is 25.0 Å². The van der Waals surface area contributed by atoms with Gasteiger partial charge in [0.15, 0.2) is 6.10 Å². The normalized spacial score (nSPS) is 24.7. The van der Waals surface area contributed by atoms with Gasteiger partial charge >= 0.3 is 0 Å². The van der Waals surface area contributed by atoms with Gasteiger partial charge in [-0.25, -0.2) is 9.96 Å². The maximum absolute atomic E-state index is 13.9. The minimum Gasteiger partial charge on any atom is -0.497 e. The van der Waals surface area contributed by atoms with E-state index in [2.05, 4.69) is 0 Å². The molecule has 0 N–H and O–H groups in total. The molecule has 3 unspecified atom stereocenters. The van der Waals surface area contributed by atoms with E-state index < -0.39 is 17.6 Å². The van der Waals surface area contributed by atoms with Crippen LogP contribution in [0.4, 0.5) is 11.4 Å². The van der Waals surface area contributed by atoms with E-state index in [0.717, 1.165) is 22.6 Å². The molecule has 3 aromatic carbocycles. The van der Waals surface area contributed by atoms with Gasteiger partial charge in [0.05, 0.1) is 24.5 Å². The monoisotopic (exact) mass is 428 g/mol. The quantitative estimate of drug-likeness (QED) is 0.575. The number of hydrogen-bond acceptors (Lipinski definition) is 5. The zero-order valence-corrected chi connectivity index (χ0v) is 18.2. The lowest BCUT2D eigenvalue weighted by molar-refractivity contribution is -0.128. The number of aryl methyl sites for hydroxylation is 1. The summed E-state index contributed by atoms with van der Waals surface area (Å²) < 4.78 is 5.30. The van der Waals surface area contributed by atoms with Crippen LogP contribution in [0.2, 0.25) is 0 Å². The molecule has 0 aliphatic carbocycles. The highest BCUT2D eigenvalue weighted by atomic mass is 16.7. The van der Waals surface area contributed by atoms with Crippen molar-refractivity contribution in [1.82, 2.24) is 0 Å². The highest BCUT2D eigenvalue weighted by Gasteiger charge is 2.68. The molecule has 2 aliphatic rings. The molecule has 6 heteroatoms. The molecule has 0 aromatic heterocycles. The summed E-state index contributed by atoms with van der Waals surface area (Å²) in [7, 11) is 1.61. The van der Waals surface area contributed by atoms with Crippen LogP contribution in [0.25, 0.3) is 0 Å². The minimum atomic E-state index is -1.10. The van der Waals surface area contributed by atoms with E-state index in [9.17, 15) is 9.59 Å². The number of benzene rings is 3. The maximum Gasteiger partial charge on any atom is 0.266 e. The predicted octanol–water partition coefficient (Wildman–Crippen LogP) is 4.44. The van der Waals surface area contributed by atoms with Crippen molar-refractivity contribution in [3.63, 3.8) is 0 Å². The number of rotatable bonds is 4. The van der Waals surface area contributed by atoms with Crippen LogP contribution in [0.1, 0.15) is 24.1 Å². The van der Waals surface area contributed by atoms with Gasteiger partial charge in [-0.05, 0) is 55.8 Å². The number of carbonyl (C=O) groups is 2. The lowest BCUT2D eigenvalue weighted by Crippen LogP contribution is -2.41. The number of anilines is 2. The van der Waals surface area contributed by atoms with E-state index >= 15 is 0 Å². The fourth-order valence-electron chi connectivity index (χ4n) is 4.65. The van der Waals surface area contributed by atoms with Crippen molar-refractivity contribution >= 4 is 23.2 Å². The molecule has 0 saturated carbocycles. The van der Waals surface area contributed by atoms with Gasteiger partial charge in [-0.3, -0.25) is 14.4 Å². The molecule has 32 heavy (non-hydrogen) atoms. The second kappa shape index (κ2) is 7.50. The number of hydroxylamine groups is 1. The van der Waals surface area contributed by atoms with Gasteiger partial charge in [0.1, 0.15) is 11.2 Å². The molecule has 5 rings (SSSR count). The Balaban J connectivity index is 1.62. The van der Waals surface area contributed by atoms with E-state index in [1.165, 1.54) is 4.90 Å². The van der Waals surface area contributed by atoms with Crippen LogP contribution in [-0.2, 0) is 14.4 Å². The minimum absolute atomic E-state index is 0.268. The molecule has 3 aromatic rings. The summed E-state index contributed by atoms with van der Waals surface area (Å²) in [4.78, 5) is 34.9. The van der Waals surface area contributed by atoms with Crippen molar-refractivity contribution in [2.75, 3.05) is 17.1 Å². The second-order valence-corrected chi connectivity index (χ2v) is 8.42. The number of carbonyl (C=O) groups excluding carboxylic acids is 2. The molecular weight excluding hydrogens is 404 g/mol. The molecule has 2 fully saturated rings. The summed E-state index contributed by atoms with van der Waals surface area (Å²) in [5.41, 5.74) is 2.16. The predicted molar refractivity (Wildman–Crippen MR) is 121 cm³/mol. The van der Waals surface area contributed by atoms with Crippen molar-refractivity contribution in [1.29, 1.82) is 0 Å². The van der Waals surface area contributed by atoms with Crippen molar-refractivity contribution in [3.8, 4) is 5.75 Å². The Morgan fingerprint density at radius 3 is 2.16 bits per heavy atom. The highest BCUT2D eigenvalue weighted by Crippen LogP contribution is 2.55. The van der Waals surface area contributed by atoms with E-state index in [4.69, 9.17) is 9.57 Å². The molecule has 2 amide bonds. The largest absolute Gasteiger partial charge is 0.497 e. The number of methoxy groups -OCH3 is 1. The molecule has 2 heterocycles. The Morgan fingerprint density at radius 1 is 0.875 bits per heavy atom. The number of amides is 2. The second-order valence-electron chi connectivity index (χ2n) is 8.42. The number of nitrogens with zero attached hydrogens (tertiary/aromatic N) is 2. The fourth-order valence-corrected chi connectivity index (χ4v) is 4.65. The Kier molecular flexibility index (Phi) is 4.75. The Labute approximate surface area is 186 Å². The molecule has 0 radical (unpaired) electrons. The van der Waals surface area contributed by atoms with E-state index in [0.29, 0.717) is 5.69 Å². The third-order valence-electron chi connectivity index (χ3n) is 6.41. The summed E-state index contributed by atoms with van der Waals surface area (Å²) in [6, 6.07) is 24.0. The zero-order chi connectivity index (χ0) is 22.5. The third-order valence-corrected chi connectivity index (χ3v) is 6.41. The maximum atomic E-state index is 13.9. The number of hydrogen-bond donors (Lipinski definition) is 0. The molecule has 0 bridgehead atoms. The first-order valence-corrected chi connectivity index (χ1v) is 10.5. The number of fused-ring (bicyclic) bond motifs is 1. The van der Waals surface area contributed by atoms with Gasteiger partial charge in [-0.2, -0.15) is 0 Å².